The molecule has 0 bridgehead atoms. The highest BCUT2D eigenvalue weighted by molar-refractivity contribution is 6.76. The third-order valence-electron chi connectivity index (χ3n) is 5.99. The van der Waals surface area contributed by atoms with Crippen molar-refractivity contribution in [3.63, 3.8) is 0 Å². The summed E-state index contributed by atoms with van der Waals surface area (Å²) in [6.07, 6.45) is 0.470. The quantitative estimate of drug-likeness (QED) is 0.257. The van der Waals surface area contributed by atoms with E-state index < -0.39 is 51.0 Å². The van der Waals surface area contributed by atoms with Crippen molar-refractivity contribution in [2.24, 2.45) is 0 Å². The Balaban J connectivity index is 1.70. The summed E-state index contributed by atoms with van der Waals surface area (Å²) >= 11 is 0. The van der Waals surface area contributed by atoms with Gasteiger partial charge in [-0.25, -0.2) is 13.5 Å². The first-order chi connectivity index (χ1) is 16.9. The number of aliphatic hydroxyl groups excluding tert-OH is 1. The van der Waals surface area contributed by atoms with E-state index in [2.05, 4.69) is 24.7 Å². The SMILES string of the molecule is C[Si](C)(C)CCOCN1C(=O)CCC(n2ncc3cc(OCCC(F)(F)CCO)ccc3c2=O)C1=O. The maximum absolute atomic E-state index is 13.5. The summed E-state index contributed by atoms with van der Waals surface area (Å²) in [6.45, 7) is 6.04. The maximum atomic E-state index is 13.5. The molecule has 3 rings (SSSR count). The summed E-state index contributed by atoms with van der Waals surface area (Å²) in [5, 5.41) is 13.6. The van der Waals surface area contributed by atoms with Crippen LogP contribution in [0.2, 0.25) is 25.7 Å². The summed E-state index contributed by atoms with van der Waals surface area (Å²) in [5.41, 5.74) is -0.499. The lowest BCUT2D eigenvalue weighted by Crippen LogP contribution is -2.49. The maximum Gasteiger partial charge on any atom is 0.275 e. The minimum Gasteiger partial charge on any atom is -0.493 e. The fourth-order valence-electron chi connectivity index (χ4n) is 3.78. The van der Waals surface area contributed by atoms with Gasteiger partial charge < -0.3 is 14.6 Å². The lowest BCUT2D eigenvalue weighted by Gasteiger charge is -2.30. The van der Waals surface area contributed by atoms with E-state index in [4.69, 9.17) is 14.6 Å². The van der Waals surface area contributed by atoms with Crippen molar-refractivity contribution < 1.29 is 33.0 Å². The highest BCUT2D eigenvalue weighted by atomic mass is 28.3. The van der Waals surface area contributed by atoms with Gasteiger partial charge in [-0.1, -0.05) is 19.6 Å². The normalized spacial score (nSPS) is 17.2. The Morgan fingerprint density at radius 2 is 1.92 bits per heavy atom. The van der Waals surface area contributed by atoms with Crippen LogP contribution in [0.15, 0.2) is 29.2 Å². The monoisotopic (exact) mass is 525 g/mol. The molecule has 198 valence electrons. The molecule has 1 unspecified atom stereocenters. The number of benzene rings is 1. The van der Waals surface area contributed by atoms with E-state index in [0.717, 1.165) is 15.6 Å². The zero-order valence-electron chi connectivity index (χ0n) is 20.8. The van der Waals surface area contributed by atoms with Crippen molar-refractivity contribution in [3.05, 3.63) is 34.7 Å². The molecule has 2 heterocycles. The molecule has 12 heteroatoms. The predicted molar refractivity (Wildman–Crippen MR) is 132 cm³/mol. The highest BCUT2D eigenvalue weighted by Crippen LogP contribution is 2.26. The smallest absolute Gasteiger partial charge is 0.275 e. The Bertz CT molecular complexity index is 1150. The van der Waals surface area contributed by atoms with Crippen LogP contribution < -0.4 is 10.3 Å². The number of halogens is 2. The van der Waals surface area contributed by atoms with Crippen molar-refractivity contribution >= 4 is 30.7 Å². The second-order valence-electron chi connectivity index (χ2n) is 10.1. The number of amides is 2. The van der Waals surface area contributed by atoms with Crippen molar-refractivity contribution in [2.45, 2.75) is 63.3 Å². The van der Waals surface area contributed by atoms with Gasteiger partial charge in [0, 0.05) is 45.9 Å². The molecular weight excluding hydrogens is 492 g/mol. The zero-order valence-corrected chi connectivity index (χ0v) is 21.8. The predicted octanol–water partition coefficient (Wildman–Crippen LogP) is 3.19. The van der Waals surface area contributed by atoms with Gasteiger partial charge in [-0.2, -0.15) is 5.10 Å². The van der Waals surface area contributed by atoms with Crippen LogP contribution in [0.1, 0.15) is 31.7 Å². The van der Waals surface area contributed by atoms with E-state index in [1.807, 2.05) is 0 Å². The summed E-state index contributed by atoms with van der Waals surface area (Å²) in [5.74, 6) is -3.61. The Morgan fingerprint density at radius 3 is 2.61 bits per heavy atom. The molecule has 1 atom stereocenters. The van der Waals surface area contributed by atoms with E-state index >= 15 is 0 Å². The summed E-state index contributed by atoms with van der Waals surface area (Å²) < 4.78 is 39.1. The molecule has 1 fully saturated rings. The van der Waals surface area contributed by atoms with Crippen molar-refractivity contribution in [1.29, 1.82) is 0 Å². The van der Waals surface area contributed by atoms with Crippen LogP contribution in [0.5, 0.6) is 5.75 Å². The first-order valence-electron chi connectivity index (χ1n) is 12.0. The molecular formula is C24H33F2N3O6Si. The molecule has 2 aromatic rings. The summed E-state index contributed by atoms with van der Waals surface area (Å²) in [6, 6.07) is 4.47. The second kappa shape index (κ2) is 11.6. The molecule has 1 N–H and O–H groups in total. The Kier molecular flexibility index (Phi) is 8.96. The van der Waals surface area contributed by atoms with Gasteiger partial charge in [0.05, 0.1) is 18.2 Å². The fourth-order valence-corrected chi connectivity index (χ4v) is 4.54. The highest BCUT2D eigenvalue weighted by Gasteiger charge is 2.37. The van der Waals surface area contributed by atoms with E-state index in [1.54, 1.807) is 0 Å². The van der Waals surface area contributed by atoms with Gasteiger partial charge in [-0.3, -0.25) is 19.3 Å². The molecule has 0 aliphatic carbocycles. The van der Waals surface area contributed by atoms with Gasteiger partial charge in [0.15, 0.2) is 0 Å². The van der Waals surface area contributed by atoms with E-state index in [-0.39, 0.29) is 37.5 Å². The number of hydrogen-bond donors (Lipinski definition) is 1. The standard InChI is InChI=1S/C24H33F2N3O6Si/c1-36(2,3)13-12-34-16-28-21(31)7-6-20(23(28)33)29-22(32)19-5-4-18(14-17(19)15-27-29)35-11-9-24(25,26)8-10-30/h4-5,14-15,20,30H,6-13,16H2,1-3H3. The largest absolute Gasteiger partial charge is 0.493 e. The van der Waals surface area contributed by atoms with Crippen molar-refractivity contribution in [3.8, 4) is 5.75 Å². The van der Waals surface area contributed by atoms with Gasteiger partial charge in [0.2, 0.25) is 5.91 Å². The topological polar surface area (TPSA) is 111 Å². The molecule has 1 aliphatic rings. The van der Waals surface area contributed by atoms with Crippen LogP contribution in [0.4, 0.5) is 8.78 Å². The number of fused-ring (bicyclic) bond motifs is 1. The molecule has 0 spiro atoms. The molecule has 9 nitrogen and oxygen atoms in total. The van der Waals surface area contributed by atoms with E-state index in [0.29, 0.717) is 17.7 Å². The van der Waals surface area contributed by atoms with Gasteiger partial charge in [-0.15, -0.1) is 0 Å². The number of likely N-dealkylation sites (tertiary alicyclic amines) is 1. The number of rotatable bonds is 12. The Hall–Kier alpha value is -2.70. The number of carbonyl (C=O) groups is 2. The number of piperidine rings is 1. The van der Waals surface area contributed by atoms with Crippen LogP contribution in [0, 0.1) is 0 Å². The van der Waals surface area contributed by atoms with Gasteiger partial charge in [0.1, 0.15) is 18.5 Å². The summed E-state index contributed by atoms with van der Waals surface area (Å²) in [4.78, 5) is 39.6. The lowest BCUT2D eigenvalue weighted by molar-refractivity contribution is -0.157. The Morgan fingerprint density at radius 1 is 1.17 bits per heavy atom. The number of aliphatic hydroxyl groups is 1. The number of carbonyl (C=O) groups excluding carboxylic acids is 2. The van der Waals surface area contributed by atoms with E-state index in [9.17, 15) is 23.2 Å². The number of alkyl halides is 2. The first kappa shape index (κ1) is 27.9. The zero-order chi connectivity index (χ0) is 26.5. The number of hydrogen-bond acceptors (Lipinski definition) is 7. The van der Waals surface area contributed by atoms with Gasteiger partial charge in [-0.05, 0) is 30.7 Å². The number of ether oxygens (including phenoxy) is 2. The minimum absolute atomic E-state index is 0.0909. The van der Waals surface area contributed by atoms with Crippen LogP contribution in [0.3, 0.4) is 0 Å². The van der Waals surface area contributed by atoms with Crippen LogP contribution >= 0.6 is 0 Å². The number of aromatic nitrogens is 2. The van der Waals surface area contributed by atoms with Crippen LogP contribution in [-0.2, 0) is 14.3 Å². The third kappa shape index (κ3) is 7.17. The Labute approximate surface area is 209 Å². The number of nitrogens with zero attached hydrogens (tertiary/aromatic N) is 3. The van der Waals surface area contributed by atoms with Gasteiger partial charge in [0.25, 0.3) is 17.4 Å². The van der Waals surface area contributed by atoms with Crippen molar-refractivity contribution in [1.82, 2.24) is 14.7 Å². The minimum atomic E-state index is -3.03. The fraction of sp³-hybridized carbons (Fsp3) is 0.583. The molecule has 0 saturated carbocycles. The average Bonchev–Trinajstić information content (AvgIpc) is 2.78. The van der Waals surface area contributed by atoms with E-state index in [1.165, 1.54) is 24.4 Å². The lowest BCUT2D eigenvalue weighted by atomic mass is 10.0. The molecule has 2 amide bonds. The van der Waals surface area contributed by atoms with Crippen LogP contribution in [0.25, 0.3) is 10.8 Å². The number of imide groups is 1. The molecule has 1 aromatic carbocycles. The van der Waals surface area contributed by atoms with Crippen molar-refractivity contribution in [2.75, 3.05) is 26.6 Å². The second-order valence-corrected chi connectivity index (χ2v) is 15.8. The molecule has 1 aromatic heterocycles. The molecule has 1 aliphatic heterocycles. The first-order valence-corrected chi connectivity index (χ1v) is 15.7. The summed E-state index contributed by atoms with van der Waals surface area (Å²) in [7, 11) is -1.32. The van der Waals surface area contributed by atoms with Crippen LogP contribution in [-0.4, -0.2) is 72.1 Å². The third-order valence-corrected chi connectivity index (χ3v) is 7.70. The molecule has 0 radical (unpaired) electrons. The molecule has 36 heavy (non-hydrogen) atoms. The molecule has 1 saturated heterocycles. The average molecular weight is 526 g/mol. The van der Waals surface area contributed by atoms with Gasteiger partial charge >= 0.3 is 0 Å².